The van der Waals surface area contributed by atoms with Crippen molar-refractivity contribution in [2.24, 2.45) is 0 Å². The van der Waals surface area contributed by atoms with E-state index in [0.717, 1.165) is 11.0 Å². The van der Waals surface area contributed by atoms with Crippen LogP contribution in [-0.4, -0.2) is 47.0 Å². The lowest BCUT2D eigenvalue weighted by molar-refractivity contribution is -0.141. The van der Waals surface area contributed by atoms with E-state index < -0.39 is 0 Å². The van der Waals surface area contributed by atoms with Gasteiger partial charge in [-0.2, -0.15) is 0 Å². The van der Waals surface area contributed by atoms with Crippen molar-refractivity contribution in [3.8, 4) is 0 Å². The van der Waals surface area contributed by atoms with Gasteiger partial charge in [-0.15, -0.1) is 0 Å². The second-order valence-electron chi connectivity index (χ2n) is 5.17. The first kappa shape index (κ1) is 16.0. The predicted octanol–water partition coefficient (Wildman–Crippen LogP) is 1.84. The second kappa shape index (κ2) is 7.59. The molecule has 0 aliphatic rings. The molecule has 22 heavy (non-hydrogen) atoms. The van der Waals surface area contributed by atoms with Crippen molar-refractivity contribution in [3.05, 3.63) is 30.6 Å². The number of para-hydroxylation sites is 2. The van der Waals surface area contributed by atoms with Crippen molar-refractivity contribution in [2.45, 2.75) is 25.8 Å². The highest BCUT2D eigenvalue weighted by Gasteiger charge is 2.10. The van der Waals surface area contributed by atoms with E-state index in [1.54, 1.807) is 18.3 Å². The summed E-state index contributed by atoms with van der Waals surface area (Å²) in [6.07, 6.45) is 3.12. The van der Waals surface area contributed by atoms with Crippen molar-refractivity contribution in [2.75, 3.05) is 20.7 Å². The molecule has 0 aliphatic heterocycles. The lowest BCUT2D eigenvalue weighted by atomic mass is 10.2. The summed E-state index contributed by atoms with van der Waals surface area (Å²) in [4.78, 5) is 29.1. The molecule has 0 saturated heterocycles. The van der Waals surface area contributed by atoms with E-state index in [4.69, 9.17) is 0 Å². The van der Waals surface area contributed by atoms with Crippen molar-refractivity contribution >= 4 is 22.9 Å². The van der Waals surface area contributed by atoms with E-state index in [2.05, 4.69) is 9.72 Å². The first-order chi connectivity index (χ1) is 10.6. The van der Waals surface area contributed by atoms with Crippen molar-refractivity contribution in [1.29, 1.82) is 0 Å². The Morgan fingerprint density at radius 1 is 1.27 bits per heavy atom. The van der Waals surface area contributed by atoms with E-state index >= 15 is 0 Å². The molecule has 0 aliphatic carbocycles. The van der Waals surface area contributed by atoms with Crippen LogP contribution in [0.3, 0.4) is 0 Å². The van der Waals surface area contributed by atoms with Crippen molar-refractivity contribution in [3.63, 3.8) is 0 Å². The van der Waals surface area contributed by atoms with E-state index in [1.165, 1.54) is 7.11 Å². The molecule has 0 spiro atoms. The van der Waals surface area contributed by atoms with Crippen LogP contribution in [0, 0.1) is 0 Å². The Hall–Kier alpha value is -2.37. The molecule has 6 heteroatoms. The highest BCUT2D eigenvalue weighted by atomic mass is 16.5. The van der Waals surface area contributed by atoms with Gasteiger partial charge in [-0.25, -0.2) is 4.98 Å². The highest BCUT2D eigenvalue weighted by molar-refractivity contribution is 5.77. The van der Waals surface area contributed by atoms with Crippen molar-refractivity contribution in [1.82, 2.24) is 14.5 Å². The molecule has 0 bridgehead atoms. The zero-order chi connectivity index (χ0) is 15.9. The lowest BCUT2D eigenvalue weighted by Gasteiger charge is -2.17. The third-order valence-electron chi connectivity index (χ3n) is 3.62. The summed E-state index contributed by atoms with van der Waals surface area (Å²) >= 11 is 0. The number of hydrogen-bond acceptors (Lipinski definition) is 4. The summed E-state index contributed by atoms with van der Waals surface area (Å²) in [6, 6.07) is 7.85. The highest BCUT2D eigenvalue weighted by Crippen LogP contribution is 2.12. The molecule has 0 N–H and O–H groups in total. The summed E-state index contributed by atoms with van der Waals surface area (Å²) in [7, 11) is 3.12. The maximum atomic E-state index is 12.1. The largest absolute Gasteiger partial charge is 0.469 e. The van der Waals surface area contributed by atoms with E-state index in [0.29, 0.717) is 32.4 Å². The van der Waals surface area contributed by atoms with Crippen LogP contribution in [0.4, 0.5) is 0 Å². The summed E-state index contributed by atoms with van der Waals surface area (Å²) in [6.45, 7) is 1.15. The SMILES string of the molecule is COC(=O)CCCN(C)C(=O)CCn1cnc2ccccc21. The Bertz CT molecular complexity index is 651. The van der Waals surface area contributed by atoms with Crippen LogP contribution >= 0.6 is 0 Å². The van der Waals surface area contributed by atoms with Crippen LogP contribution in [0.5, 0.6) is 0 Å². The molecule has 0 atom stereocenters. The van der Waals surface area contributed by atoms with Crippen LogP contribution < -0.4 is 0 Å². The average molecular weight is 303 g/mol. The third kappa shape index (κ3) is 4.07. The van der Waals surface area contributed by atoms with Crippen LogP contribution in [0.2, 0.25) is 0 Å². The maximum Gasteiger partial charge on any atom is 0.305 e. The number of imidazole rings is 1. The number of benzene rings is 1. The van der Waals surface area contributed by atoms with E-state index in [-0.39, 0.29) is 11.9 Å². The number of carbonyl (C=O) groups is 2. The number of carbonyl (C=O) groups excluding carboxylic acids is 2. The van der Waals surface area contributed by atoms with Crippen LogP contribution in [-0.2, 0) is 20.9 Å². The molecular formula is C16H21N3O3. The standard InChI is InChI=1S/C16H21N3O3/c1-18(10-5-8-16(21)22-2)15(20)9-11-19-12-17-13-6-3-4-7-14(13)19/h3-4,6-7,12H,5,8-11H2,1-2H3. The first-order valence-electron chi connectivity index (χ1n) is 7.32. The number of rotatable bonds is 7. The molecule has 1 aromatic carbocycles. The lowest BCUT2D eigenvalue weighted by Crippen LogP contribution is -2.28. The molecule has 0 radical (unpaired) electrons. The molecule has 118 valence electrons. The summed E-state index contributed by atoms with van der Waals surface area (Å²) < 4.78 is 6.56. The molecule has 2 aromatic rings. The molecule has 1 amide bonds. The Labute approximate surface area is 129 Å². The number of nitrogens with zero attached hydrogens (tertiary/aromatic N) is 3. The predicted molar refractivity (Wildman–Crippen MR) is 83.2 cm³/mol. The van der Waals surface area contributed by atoms with Crippen LogP contribution in [0.15, 0.2) is 30.6 Å². The molecule has 0 saturated carbocycles. The molecular weight excluding hydrogens is 282 g/mol. The maximum absolute atomic E-state index is 12.1. The van der Waals surface area contributed by atoms with Gasteiger partial charge in [0, 0.05) is 33.0 Å². The fourth-order valence-corrected chi connectivity index (χ4v) is 2.28. The van der Waals surface area contributed by atoms with Gasteiger partial charge in [0.05, 0.1) is 24.5 Å². The quantitative estimate of drug-likeness (QED) is 0.732. The van der Waals surface area contributed by atoms with Gasteiger partial charge < -0.3 is 14.2 Å². The molecule has 1 heterocycles. The number of aryl methyl sites for hydroxylation is 1. The monoisotopic (exact) mass is 303 g/mol. The van der Waals surface area contributed by atoms with Crippen LogP contribution in [0.1, 0.15) is 19.3 Å². The fourth-order valence-electron chi connectivity index (χ4n) is 2.28. The number of fused-ring (bicyclic) bond motifs is 1. The van der Waals surface area contributed by atoms with Gasteiger partial charge in [0.1, 0.15) is 0 Å². The van der Waals surface area contributed by atoms with Gasteiger partial charge in [0.25, 0.3) is 0 Å². The Morgan fingerprint density at radius 3 is 2.82 bits per heavy atom. The summed E-state index contributed by atoms with van der Waals surface area (Å²) in [5.74, 6) is -0.187. The number of esters is 1. The van der Waals surface area contributed by atoms with Gasteiger partial charge in [0.15, 0.2) is 0 Å². The van der Waals surface area contributed by atoms with Gasteiger partial charge in [-0.3, -0.25) is 9.59 Å². The molecule has 1 aromatic heterocycles. The zero-order valence-corrected chi connectivity index (χ0v) is 13.0. The van der Waals surface area contributed by atoms with Gasteiger partial charge in [-0.1, -0.05) is 12.1 Å². The summed E-state index contributed by atoms with van der Waals surface area (Å²) in [5.41, 5.74) is 1.96. The van der Waals surface area contributed by atoms with Crippen LogP contribution in [0.25, 0.3) is 11.0 Å². The second-order valence-corrected chi connectivity index (χ2v) is 5.17. The number of hydrogen-bond donors (Lipinski definition) is 0. The Kier molecular flexibility index (Phi) is 5.52. The topological polar surface area (TPSA) is 64.4 Å². The van der Waals surface area contributed by atoms with E-state index in [9.17, 15) is 9.59 Å². The number of aromatic nitrogens is 2. The van der Waals surface area contributed by atoms with Crippen molar-refractivity contribution < 1.29 is 14.3 Å². The van der Waals surface area contributed by atoms with E-state index in [1.807, 2.05) is 28.8 Å². The van der Waals surface area contributed by atoms with Gasteiger partial charge in [0.2, 0.25) is 5.91 Å². The smallest absolute Gasteiger partial charge is 0.305 e. The fraction of sp³-hybridized carbons (Fsp3) is 0.438. The minimum atomic E-state index is -0.245. The number of ether oxygens (including phenoxy) is 1. The zero-order valence-electron chi connectivity index (χ0n) is 13.0. The number of methoxy groups -OCH3 is 1. The van der Waals surface area contributed by atoms with Gasteiger partial charge >= 0.3 is 5.97 Å². The number of amides is 1. The minimum absolute atomic E-state index is 0.0580. The Morgan fingerprint density at radius 2 is 2.05 bits per heavy atom. The minimum Gasteiger partial charge on any atom is -0.469 e. The molecule has 0 fully saturated rings. The molecule has 0 unspecified atom stereocenters. The first-order valence-corrected chi connectivity index (χ1v) is 7.32. The normalized spacial score (nSPS) is 10.6. The summed E-state index contributed by atoms with van der Waals surface area (Å²) in [5, 5.41) is 0. The molecule has 2 rings (SSSR count). The average Bonchev–Trinajstić information content (AvgIpc) is 2.95. The Balaban J connectivity index is 1.80. The molecule has 6 nitrogen and oxygen atoms in total. The third-order valence-corrected chi connectivity index (χ3v) is 3.62. The van der Waals surface area contributed by atoms with Gasteiger partial charge in [-0.05, 0) is 18.6 Å².